The van der Waals surface area contributed by atoms with Gasteiger partial charge in [-0.2, -0.15) is 0 Å². The van der Waals surface area contributed by atoms with E-state index >= 15 is 0 Å². The molecule has 0 atom stereocenters. The molecule has 0 aliphatic carbocycles. The van der Waals surface area contributed by atoms with E-state index in [0.29, 0.717) is 5.56 Å². The molecule has 0 saturated heterocycles. The van der Waals surface area contributed by atoms with Gasteiger partial charge in [-0.3, -0.25) is 19.5 Å². The molecule has 2 aromatic carbocycles. The molecule has 0 fully saturated rings. The number of rotatable bonds is 4. The van der Waals surface area contributed by atoms with Crippen LogP contribution in [0.5, 0.6) is 0 Å². The van der Waals surface area contributed by atoms with Crippen molar-refractivity contribution < 1.29 is 9.59 Å². The Morgan fingerprint density at radius 3 is 2.00 bits per heavy atom. The van der Waals surface area contributed by atoms with Gasteiger partial charge in [-0.25, -0.2) is 0 Å². The summed E-state index contributed by atoms with van der Waals surface area (Å²) in [5.74, 6) is -0.747. The van der Waals surface area contributed by atoms with Gasteiger partial charge in [-0.15, -0.1) is 0 Å². The highest BCUT2D eigenvalue weighted by Crippen LogP contribution is 2.13. The van der Waals surface area contributed by atoms with Crippen LogP contribution in [0, 0.1) is 0 Å². The zero-order valence-corrected chi connectivity index (χ0v) is 13.0. The molecule has 24 heavy (non-hydrogen) atoms. The van der Waals surface area contributed by atoms with E-state index in [1.54, 1.807) is 48.7 Å². The van der Waals surface area contributed by atoms with Crippen molar-refractivity contribution in [3.05, 3.63) is 102 Å². The number of imide groups is 1. The van der Waals surface area contributed by atoms with Gasteiger partial charge in [0.25, 0.3) is 11.8 Å². The molecule has 0 radical (unpaired) electrons. The quantitative estimate of drug-likeness (QED) is 0.692. The number of nitrogens with zero attached hydrogens (tertiary/aromatic N) is 2. The smallest absolute Gasteiger partial charge is 0.269 e. The van der Waals surface area contributed by atoms with E-state index in [0.717, 1.165) is 5.56 Å². The summed E-state index contributed by atoms with van der Waals surface area (Å²) in [6, 6.07) is 23.3. The van der Waals surface area contributed by atoms with E-state index in [-0.39, 0.29) is 18.1 Å². The number of carbonyl (C=O) groups excluding carboxylic acids is 2. The van der Waals surface area contributed by atoms with Crippen molar-refractivity contribution in [3.63, 3.8) is 0 Å². The van der Waals surface area contributed by atoms with Crippen LogP contribution in [0.4, 0.5) is 0 Å². The Bertz CT molecular complexity index is 767. The first-order chi connectivity index (χ1) is 11.8. The van der Waals surface area contributed by atoms with Crippen LogP contribution < -0.4 is 0 Å². The molecule has 0 aliphatic heterocycles. The van der Waals surface area contributed by atoms with Gasteiger partial charge in [0.15, 0.2) is 0 Å². The first-order valence-corrected chi connectivity index (χ1v) is 7.62. The Kier molecular flexibility index (Phi) is 4.77. The van der Waals surface area contributed by atoms with Crippen molar-refractivity contribution in [1.29, 1.82) is 0 Å². The number of hydrogen-bond acceptors (Lipinski definition) is 3. The minimum Gasteiger partial charge on any atom is -0.269 e. The second-order valence-corrected chi connectivity index (χ2v) is 5.26. The molecule has 0 N–H and O–H groups in total. The van der Waals surface area contributed by atoms with Crippen LogP contribution in [0.1, 0.15) is 26.4 Å². The SMILES string of the molecule is O=C(c1ccccc1)N(Cc1ccccc1)C(=O)c1ccccn1. The molecule has 3 aromatic rings. The van der Waals surface area contributed by atoms with Crippen molar-refractivity contribution in [2.75, 3.05) is 0 Å². The summed E-state index contributed by atoms with van der Waals surface area (Å²) >= 11 is 0. The Morgan fingerprint density at radius 1 is 0.750 bits per heavy atom. The number of hydrogen-bond donors (Lipinski definition) is 0. The van der Waals surface area contributed by atoms with Crippen LogP contribution in [0.25, 0.3) is 0 Å². The highest BCUT2D eigenvalue weighted by Gasteiger charge is 2.25. The molecule has 1 aromatic heterocycles. The van der Waals surface area contributed by atoms with Crippen LogP contribution in [0.3, 0.4) is 0 Å². The van der Waals surface area contributed by atoms with Crippen LogP contribution in [0.2, 0.25) is 0 Å². The molecular formula is C20H16N2O2. The van der Waals surface area contributed by atoms with Gasteiger partial charge in [0.05, 0.1) is 6.54 Å². The van der Waals surface area contributed by atoms with Crippen molar-refractivity contribution in [2.24, 2.45) is 0 Å². The fourth-order valence-corrected chi connectivity index (χ4v) is 2.37. The molecule has 0 saturated carbocycles. The lowest BCUT2D eigenvalue weighted by atomic mass is 10.1. The van der Waals surface area contributed by atoms with Crippen LogP contribution >= 0.6 is 0 Å². The molecule has 0 bridgehead atoms. The van der Waals surface area contributed by atoms with Crippen LogP contribution in [0.15, 0.2) is 85.1 Å². The third-order valence-electron chi connectivity index (χ3n) is 3.58. The summed E-state index contributed by atoms with van der Waals surface area (Å²) in [6.07, 6.45) is 1.54. The van der Waals surface area contributed by atoms with Crippen molar-refractivity contribution in [3.8, 4) is 0 Å². The van der Waals surface area contributed by atoms with Gasteiger partial charge in [0, 0.05) is 11.8 Å². The van der Waals surface area contributed by atoms with Crippen molar-refractivity contribution >= 4 is 11.8 Å². The predicted octanol–water partition coefficient (Wildman–Crippen LogP) is 3.56. The Morgan fingerprint density at radius 2 is 1.38 bits per heavy atom. The maximum absolute atomic E-state index is 12.8. The normalized spacial score (nSPS) is 10.2. The monoisotopic (exact) mass is 316 g/mol. The van der Waals surface area contributed by atoms with E-state index < -0.39 is 5.91 Å². The van der Waals surface area contributed by atoms with E-state index in [2.05, 4.69) is 4.98 Å². The third kappa shape index (κ3) is 3.55. The maximum atomic E-state index is 12.8. The average molecular weight is 316 g/mol. The van der Waals surface area contributed by atoms with E-state index in [1.165, 1.54) is 4.90 Å². The van der Waals surface area contributed by atoms with Gasteiger partial charge in [0.1, 0.15) is 5.69 Å². The number of amides is 2. The standard InChI is InChI=1S/C20H16N2O2/c23-19(17-11-5-2-6-12-17)22(15-16-9-3-1-4-10-16)20(24)18-13-7-8-14-21-18/h1-14H,15H2. The first kappa shape index (κ1) is 15.6. The lowest BCUT2D eigenvalue weighted by molar-refractivity contribution is 0.0600. The molecule has 0 unspecified atom stereocenters. The molecule has 118 valence electrons. The molecular weight excluding hydrogens is 300 g/mol. The summed E-state index contributed by atoms with van der Waals surface area (Å²) in [5.41, 5.74) is 1.60. The zero-order chi connectivity index (χ0) is 16.8. The van der Waals surface area contributed by atoms with Crippen molar-refractivity contribution in [1.82, 2.24) is 9.88 Å². The Labute approximate surface area is 140 Å². The predicted molar refractivity (Wildman–Crippen MR) is 91.3 cm³/mol. The minimum atomic E-state index is -0.409. The number of benzene rings is 2. The van der Waals surface area contributed by atoms with Crippen LogP contribution in [-0.4, -0.2) is 21.7 Å². The molecule has 1 heterocycles. The number of carbonyl (C=O) groups is 2. The van der Waals surface area contributed by atoms with E-state index in [9.17, 15) is 9.59 Å². The Balaban J connectivity index is 1.94. The topological polar surface area (TPSA) is 50.3 Å². The summed E-state index contributed by atoms with van der Waals surface area (Å²) in [7, 11) is 0. The number of aromatic nitrogens is 1. The summed E-state index contributed by atoms with van der Waals surface area (Å²) in [6.45, 7) is 0.198. The second-order valence-electron chi connectivity index (χ2n) is 5.26. The molecule has 0 aliphatic rings. The summed E-state index contributed by atoms with van der Waals surface area (Å²) in [5, 5.41) is 0. The molecule has 2 amide bonds. The number of pyridine rings is 1. The maximum Gasteiger partial charge on any atom is 0.279 e. The van der Waals surface area contributed by atoms with Crippen molar-refractivity contribution in [2.45, 2.75) is 6.54 Å². The fraction of sp³-hybridized carbons (Fsp3) is 0.0500. The van der Waals surface area contributed by atoms with Gasteiger partial charge < -0.3 is 0 Å². The highest BCUT2D eigenvalue weighted by atomic mass is 16.2. The van der Waals surface area contributed by atoms with E-state index in [1.807, 2.05) is 36.4 Å². The highest BCUT2D eigenvalue weighted by molar-refractivity contribution is 6.09. The van der Waals surface area contributed by atoms with Gasteiger partial charge in [-0.05, 0) is 29.8 Å². The zero-order valence-electron chi connectivity index (χ0n) is 13.0. The minimum absolute atomic E-state index is 0.198. The van der Waals surface area contributed by atoms with E-state index in [4.69, 9.17) is 0 Å². The molecule has 4 nitrogen and oxygen atoms in total. The fourth-order valence-electron chi connectivity index (χ4n) is 2.37. The van der Waals surface area contributed by atoms with Gasteiger partial charge in [-0.1, -0.05) is 54.6 Å². The molecule has 0 spiro atoms. The second kappa shape index (κ2) is 7.33. The Hall–Kier alpha value is -3.27. The lowest BCUT2D eigenvalue weighted by Gasteiger charge is -2.21. The first-order valence-electron chi connectivity index (χ1n) is 7.62. The lowest BCUT2D eigenvalue weighted by Crippen LogP contribution is -2.36. The largest absolute Gasteiger partial charge is 0.279 e. The molecule has 4 heteroatoms. The third-order valence-corrected chi connectivity index (χ3v) is 3.58. The summed E-state index contributed by atoms with van der Waals surface area (Å²) in [4.78, 5) is 31.0. The summed E-state index contributed by atoms with van der Waals surface area (Å²) < 4.78 is 0. The average Bonchev–Trinajstić information content (AvgIpc) is 2.67. The molecule has 3 rings (SSSR count). The van der Waals surface area contributed by atoms with Crippen LogP contribution in [-0.2, 0) is 6.54 Å². The van der Waals surface area contributed by atoms with Gasteiger partial charge >= 0.3 is 0 Å². The van der Waals surface area contributed by atoms with Gasteiger partial charge in [0.2, 0.25) is 0 Å².